The second-order valence-corrected chi connectivity index (χ2v) is 3.88. The third kappa shape index (κ3) is 3.70. The SMILES string of the molecule is CN(CC1CCNCC1)C(=O)C(F)(F)F. The fourth-order valence-electron chi connectivity index (χ4n) is 1.75. The quantitative estimate of drug-likeness (QED) is 0.759. The first kappa shape index (κ1) is 12.3. The van der Waals surface area contributed by atoms with E-state index >= 15 is 0 Å². The fraction of sp³-hybridized carbons (Fsp3) is 0.889. The number of piperidine rings is 1. The molecule has 15 heavy (non-hydrogen) atoms. The number of amides is 1. The molecule has 1 N–H and O–H groups in total. The average Bonchev–Trinajstić information content (AvgIpc) is 2.16. The van der Waals surface area contributed by atoms with Gasteiger partial charge in [0.25, 0.3) is 0 Å². The number of hydrogen-bond acceptors (Lipinski definition) is 2. The number of carbonyl (C=O) groups is 1. The van der Waals surface area contributed by atoms with E-state index in [-0.39, 0.29) is 12.5 Å². The molecule has 1 heterocycles. The minimum absolute atomic E-state index is 0.183. The molecule has 1 amide bonds. The lowest BCUT2D eigenvalue weighted by Crippen LogP contribution is -2.42. The van der Waals surface area contributed by atoms with Crippen LogP contribution in [-0.2, 0) is 4.79 Å². The predicted molar refractivity (Wildman–Crippen MR) is 49.3 cm³/mol. The molecule has 0 unspecified atom stereocenters. The highest BCUT2D eigenvalue weighted by Crippen LogP contribution is 2.20. The van der Waals surface area contributed by atoms with Crippen LogP contribution in [0.1, 0.15) is 12.8 Å². The maximum absolute atomic E-state index is 12.1. The van der Waals surface area contributed by atoms with Crippen LogP contribution >= 0.6 is 0 Å². The zero-order valence-corrected chi connectivity index (χ0v) is 8.60. The number of alkyl halides is 3. The number of carbonyl (C=O) groups excluding carboxylic acids is 1. The number of halogens is 3. The van der Waals surface area contributed by atoms with Crippen LogP contribution in [0, 0.1) is 5.92 Å². The second-order valence-electron chi connectivity index (χ2n) is 3.88. The number of hydrogen-bond donors (Lipinski definition) is 1. The Morgan fingerprint density at radius 3 is 2.40 bits per heavy atom. The summed E-state index contributed by atoms with van der Waals surface area (Å²) in [4.78, 5) is 11.6. The Balaban J connectivity index is 2.40. The molecule has 1 rings (SSSR count). The predicted octanol–water partition coefficient (Wildman–Crippen LogP) is 1.01. The summed E-state index contributed by atoms with van der Waals surface area (Å²) in [6.45, 7) is 1.83. The summed E-state index contributed by atoms with van der Waals surface area (Å²) in [6, 6.07) is 0. The van der Waals surface area contributed by atoms with Crippen molar-refractivity contribution in [3.63, 3.8) is 0 Å². The van der Waals surface area contributed by atoms with E-state index < -0.39 is 12.1 Å². The van der Waals surface area contributed by atoms with Crippen molar-refractivity contribution >= 4 is 5.91 Å². The highest BCUT2D eigenvalue weighted by atomic mass is 19.4. The van der Waals surface area contributed by atoms with Gasteiger partial charge in [-0.2, -0.15) is 13.2 Å². The van der Waals surface area contributed by atoms with E-state index in [0.29, 0.717) is 0 Å². The number of nitrogens with one attached hydrogen (secondary N) is 1. The maximum Gasteiger partial charge on any atom is 0.471 e. The largest absolute Gasteiger partial charge is 0.471 e. The van der Waals surface area contributed by atoms with Crippen molar-refractivity contribution < 1.29 is 18.0 Å². The first-order valence-electron chi connectivity index (χ1n) is 4.94. The van der Waals surface area contributed by atoms with E-state index in [1.807, 2.05) is 0 Å². The topological polar surface area (TPSA) is 32.3 Å². The first-order chi connectivity index (χ1) is 6.91. The average molecular weight is 224 g/mol. The molecular formula is C9H15F3N2O. The number of nitrogens with zero attached hydrogens (tertiary/aromatic N) is 1. The molecule has 0 bridgehead atoms. The molecule has 0 aromatic heterocycles. The summed E-state index contributed by atoms with van der Waals surface area (Å²) in [5.41, 5.74) is 0. The monoisotopic (exact) mass is 224 g/mol. The van der Waals surface area contributed by atoms with Crippen LogP contribution in [0.25, 0.3) is 0 Å². The first-order valence-corrected chi connectivity index (χ1v) is 4.94. The highest BCUT2D eigenvalue weighted by Gasteiger charge is 2.41. The zero-order valence-electron chi connectivity index (χ0n) is 8.60. The van der Waals surface area contributed by atoms with Crippen molar-refractivity contribution in [2.75, 3.05) is 26.7 Å². The summed E-state index contributed by atoms with van der Waals surface area (Å²) in [5.74, 6) is -1.57. The van der Waals surface area contributed by atoms with E-state index in [9.17, 15) is 18.0 Å². The van der Waals surface area contributed by atoms with Crippen LogP contribution < -0.4 is 5.32 Å². The van der Waals surface area contributed by atoms with E-state index in [2.05, 4.69) is 5.32 Å². The lowest BCUT2D eigenvalue weighted by atomic mass is 9.98. The van der Waals surface area contributed by atoms with Crippen molar-refractivity contribution in [1.82, 2.24) is 10.2 Å². The Bertz CT molecular complexity index is 224. The summed E-state index contributed by atoms with van der Waals surface area (Å²) in [6.07, 6.45) is -3.09. The van der Waals surface area contributed by atoms with Crippen LogP contribution in [0.15, 0.2) is 0 Å². The Morgan fingerprint density at radius 2 is 1.93 bits per heavy atom. The Labute approximate surface area is 86.6 Å². The van der Waals surface area contributed by atoms with Crippen LogP contribution in [0.2, 0.25) is 0 Å². The van der Waals surface area contributed by atoms with Gasteiger partial charge in [-0.1, -0.05) is 0 Å². The van der Waals surface area contributed by atoms with Crippen molar-refractivity contribution in [3.8, 4) is 0 Å². The molecule has 1 fully saturated rings. The van der Waals surface area contributed by atoms with Crippen LogP contribution in [-0.4, -0.2) is 43.7 Å². The minimum atomic E-state index is -4.75. The minimum Gasteiger partial charge on any atom is -0.338 e. The molecule has 88 valence electrons. The van der Waals surface area contributed by atoms with Gasteiger partial charge in [-0.15, -0.1) is 0 Å². The van der Waals surface area contributed by atoms with Crippen molar-refractivity contribution in [2.24, 2.45) is 5.92 Å². The van der Waals surface area contributed by atoms with Crippen LogP contribution in [0.3, 0.4) is 0 Å². The number of rotatable bonds is 2. The molecule has 0 aromatic rings. The van der Waals surface area contributed by atoms with Gasteiger partial charge in [-0.25, -0.2) is 0 Å². The normalized spacial score (nSPS) is 18.9. The smallest absolute Gasteiger partial charge is 0.338 e. The molecule has 1 aliphatic heterocycles. The van der Waals surface area contributed by atoms with Gasteiger partial charge in [-0.05, 0) is 31.8 Å². The molecule has 0 aromatic carbocycles. The Hall–Kier alpha value is -0.780. The molecule has 0 aliphatic carbocycles. The van der Waals surface area contributed by atoms with Crippen molar-refractivity contribution in [1.29, 1.82) is 0 Å². The second kappa shape index (κ2) is 4.83. The van der Waals surface area contributed by atoms with Crippen LogP contribution in [0.4, 0.5) is 13.2 Å². The van der Waals surface area contributed by atoms with Crippen molar-refractivity contribution in [2.45, 2.75) is 19.0 Å². The van der Waals surface area contributed by atoms with E-state index in [1.165, 1.54) is 7.05 Å². The standard InChI is InChI=1S/C9H15F3N2O/c1-14(8(15)9(10,11)12)6-7-2-4-13-5-3-7/h7,13H,2-6H2,1H3. The maximum atomic E-state index is 12.1. The highest BCUT2D eigenvalue weighted by molar-refractivity contribution is 5.81. The fourth-order valence-corrected chi connectivity index (χ4v) is 1.75. The molecule has 0 radical (unpaired) electrons. The van der Waals surface area contributed by atoms with Crippen molar-refractivity contribution in [3.05, 3.63) is 0 Å². The third-order valence-corrected chi connectivity index (χ3v) is 2.58. The van der Waals surface area contributed by atoms with Crippen LogP contribution in [0.5, 0.6) is 0 Å². The lowest BCUT2D eigenvalue weighted by molar-refractivity contribution is -0.184. The molecule has 0 atom stereocenters. The molecule has 0 spiro atoms. The molecule has 6 heteroatoms. The molecule has 1 aliphatic rings. The summed E-state index contributed by atoms with van der Waals surface area (Å²) in [7, 11) is 1.21. The van der Waals surface area contributed by atoms with E-state index in [0.717, 1.165) is 30.8 Å². The summed E-state index contributed by atoms with van der Waals surface area (Å²) in [5, 5.41) is 3.12. The molecule has 3 nitrogen and oxygen atoms in total. The molecule has 0 saturated carbocycles. The Kier molecular flexibility index (Phi) is 3.96. The van der Waals surface area contributed by atoms with Gasteiger partial charge in [0.1, 0.15) is 0 Å². The third-order valence-electron chi connectivity index (χ3n) is 2.58. The van der Waals surface area contributed by atoms with E-state index in [4.69, 9.17) is 0 Å². The summed E-state index contributed by atoms with van der Waals surface area (Å²) >= 11 is 0. The van der Waals surface area contributed by atoms with Gasteiger partial charge in [-0.3, -0.25) is 4.79 Å². The van der Waals surface area contributed by atoms with Gasteiger partial charge in [0.2, 0.25) is 0 Å². The van der Waals surface area contributed by atoms with Gasteiger partial charge < -0.3 is 10.2 Å². The van der Waals surface area contributed by atoms with Gasteiger partial charge in [0.05, 0.1) is 0 Å². The van der Waals surface area contributed by atoms with Gasteiger partial charge in [0.15, 0.2) is 0 Å². The summed E-state index contributed by atoms with van der Waals surface area (Å²) < 4.78 is 36.2. The molecule has 1 saturated heterocycles. The van der Waals surface area contributed by atoms with E-state index in [1.54, 1.807) is 0 Å². The molecular weight excluding hydrogens is 209 g/mol. The Morgan fingerprint density at radius 1 is 1.40 bits per heavy atom. The van der Waals surface area contributed by atoms with Gasteiger partial charge >= 0.3 is 12.1 Å². The zero-order chi connectivity index (χ0) is 11.5. The lowest BCUT2D eigenvalue weighted by Gasteiger charge is -2.27. The van der Waals surface area contributed by atoms with Gasteiger partial charge in [0, 0.05) is 13.6 Å².